The second-order valence-electron chi connectivity index (χ2n) is 7.15. The number of fused-ring (bicyclic) bond motifs is 3. The first-order valence-electron chi connectivity index (χ1n) is 9.07. The van der Waals surface area contributed by atoms with Crippen LogP contribution in [-0.4, -0.2) is 49.7 Å². The Balaban J connectivity index is 1.85. The molecule has 0 saturated heterocycles. The van der Waals surface area contributed by atoms with Crippen molar-refractivity contribution < 1.29 is 0 Å². The highest BCUT2D eigenvalue weighted by atomic mass is 35.5. The third-order valence-electron chi connectivity index (χ3n) is 5.05. The fraction of sp³-hybridized carbons (Fsp3) is 0.350. The van der Waals surface area contributed by atoms with Gasteiger partial charge in [-0.2, -0.15) is 0 Å². The monoisotopic (exact) mass is 382 g/mol. The van der Waals surface area contributed by atoms with Crippen LogP contribution in [0.4, 0.5) is 0 Å². The van der Waals surface area contributed by atoms with Gasteiger partial charge in [0.15, 0.2) is 11.5 Å². The molecule has 140 valence electrons. The predicted molar refractivity (Wildman–Crippen MR) is 109 cm³/mol. The summed E-state index contributed by atoms with van der Waals surface area (Å²) in [5.41, 5.74) is 5.05. The minimum Gasteiger partial charge on any atom is -0.329 e. The predicted octanol–water partition coefficient (Wildman–Crippen LogP) is 3.97. The maximum atomic E-state index is 6.33. The van der Waals surface area contributed by atoms with E-state index in [1.807, 2.05) is 24.3 Å². The molecule has 0 radical (unpaired) electrons. The summed E-state index contributed by atoms with van der Waals surface area (Å²) in [6, 6.07) is 7.64. The van der Waals surface area contributed by atoms with Crippen LogP contribution in [0, 0.1) is 13.8 Å². The van der Waals surface area contributed by atoms with E-state index < -0.39 is 0 Å². The molecule has 3 heterocycles. The maximum absolute atomic E-state index is 6.33. The Hall–Kier alpha value is -2.44. The van der Waals surface area contributed by atoms with Crippen molar-refractivity contribution in [1.82, 2.24) is 29.0 Å². The van der Waals surface area contributed by atoms with Gasteiger partial charge in [-0.3, -0.25) is 0 Å². The molecule has 1 aromatic carbocycles. The van der Waals surface area contributed by atoms with Crippen LogP contribution < -0.4 is 0 Å². The minimum absolute atomic E-state index is 0.618. The second kappa shape index (κ2) is 6.94. The first-order valence-corrected chi connectivity index (χ1v) is 9.45. The van der Waals surface area contributed by atoms with Gasteiger partial charge in [-0.1, -0.05) is 23.7 Å². The average Bonchev–Trinajstić information content (AvgIpc) is 3.16. The number of hydrogen-bond donors (Lipinski definition) is 0. The second-order valence-corrected chi connectivity index (χ2v) is 7.55. The number of rotatable bonds is 5. The van der Waals surface area contributed by atoms with Gasteiger partial charge >= 0.3 is 0 Å². The molecule has 0 aliphatic carbocycles. The van der Waals surface area contributed by atoms with Crippen LogP contribution in [0.15, 0.2) is 30.6 Å². The molecule has 0 atom stereocenters. The van der Waals surface area contributed by atoms with Crippen LogP contribution in [-0.2, 0) is 6.54 Å². The van der Waals surface area contributed by atoms with E-state index in [9.17, 15) is 0 Å². The van der Waals surface area contributed by atoms with Crippen LogP contribution >= 0.6 is 11.6 Å². The van der Waals surface area contributed by atoms with Crippen molar-refractivity contribution in [1.29, 1.82) is 0 Å². The Morgan fingerprint density at radius 2 is 1.89 bits per heavy atom. The quantitative estimate of drug-likeness (QED) is 0.524. The third kappa shape index (κ3) is 3.09. The molecule has 0 unspecified atom stereocenters. The van der Waals surface area contributed by atoms with Crippen molar-refractivity contribution in [3.8, 4) is 11.4 Å². The number of aromatic nitrogens is 5. The number of nitrogens with zero attached hydrogens (tertiary/aromatic N) is 6. The smallest absolute Gasteiger partial charge is 0.183 e. The Morgan fingerprint density at radius 1 is 1.11 bits per heavy atom. The SMILES string of the molecule is Cc1c(C)n(CCCN(C)C)c2ncn3nc(-c4ccccc4Cl)nc3c12. The molecule has 27 heavy (non-hydrogen) atoms. The molecule has 6 nitrogen and oxygen atoms in total. The Bertz CT molecular complexity index is 1120. The fourth-order valence-corrected chi connectivity index (χ4v) is 3.73. The topological polar surface area (TPSA) is 51.2 Å². The molecule has 7 heteroatoms. The highest BCUT2D eigenvalue weighted by Crippen LogP contribution is 2.30. The van der Waals surface area contributed by atoms with Crippen molar-refractivity contribution in [2.75, 3.05) is 20.6 Å². The highest BCUT2D eigenvalue weighted by molar-refractivity contribution is 6.33. The Kier molecular flexibility index (Phi) is 4.61. The van der Waals surface area contributed by atoms with Crippen LogP contribution in [0.25, 0.3) is 28.1 Å². The van der Waals surface area contributed by atoms with Gasteiger partial charge < -0.3 is 9.47 Å². The summed E-state index contributed by atoms with van der Waals surface area (Å²) in [5, 5.41) is 6.31. The van der Waals surface area contributed by atoms with Crippen molar-refractivity contribution in [3.05, 3.63) is 46.9 Å². The summed E-state index contributed by atoms with van der Waals surface area (Å²) in [6.45, 7) is 6.26. The maximum Gasteiger partial charge on any atom is 0.183 e. The molecule has 0 fully saturated rings. The zero-order valence-corrected chi connectivity index (χ0v) is 16.8. The highest BCUT2D eigenvalue weighted by Gasteiger charge is 2.18. The van der Waals surface area contributed by atoms with E-state index in [1.165, 1.54) is 11.3 Å². The van der Waals surface area contributed by atoms with E-state index >= 15 is 0 Å². The summed E-state index contributed by atoms with van der Waals surface area (Å²) >= 11 is 6.33. The Morgan fingerprint density at radius 3 is 2.63 bits per heavy atom. The van der Waals surface area contributed by atoms with Crippen molar-refractivity contribution >= 4 is 28.3 Å². The van der Waals surface area contributed by atoms with Crippen LogP contribution in [0.5, 0.6) is 0 Å². The number of aryl methyl sites for hydroxylation is 2. The van der Waals surface area contributed by atoms with E-state index in [2.05, 4.69) is 42.5 Å². The lowest BCUT2D eigenvalue weighted by Crippen LogP contribution is -2.15. The lowest BCUT2D eigenvalue weighted by Gasteiger charge is -2.11. The fourth-order valence-electron chi connectivity index (χ4n) is 3.51. The molecule has 0 aliphatic rings. The number of halogens is 1. The van der Waals surface area contributed by atoms with Crippen molar-refractivity contribution in [2.24, 2.45) is 0 Å². The van der Waals surface area contributed by atoms with Gasteiger partial charge in [0.05, 0.1) is 10.4 Å². The normalized spacial score (nSPS) is 11.9. The van der Waals surface area contributed by atoms with Gasteiger partial charge in [-0.05, 0) is 58.6 Å². The zero-order chi connectivity index (χ0) is 19.1. The Labute approximate surface area is 163 Å². The summed E-state index contributed by atoms with van der Waals surface area (Å²) in [5.74, 6) is 0.618. The molecule has 0 amide bonds. The molecule has 4 rings (SSSR count). The summed E-state index contributed by atoms with van der Waals surface area (Å²) in [6.07, 6.45) is 2.81. The van der Waals surface area contributed by atoms with Gasteiger partial charge in [0.2, 0.25) is 0 Å². The van der Waals surface area contributed by atoms with Gasteiger partial charge in [-0.15, -0.1) is 5.10 Å². The van der Waals surface area contributed by atoms with Gasteiger partial charge in [-0.25, -0.2) is 14.5 Å². The molecule has 0 N–H and O–H groups in total. The van der Waals surface area contributed by atoms with E-state index in [1.54, 1.807) is 10.8 Å². The molecule has 0 spiro atoms. The summed E-state index contributed by atoms with van der Waals surface area (Å²) in [4.78, 5) is 11.7. The molecular weight excluding hydrogens is 360 g/mol. The molecule has 4 aromatic rings. The van der Waals surface area contributed by atoms with Crippen LogP contribution in [0.1, 0.15) is 17.7 Å². The van der Waals surface area contributed by atoms with Crippen molar-refractivity contribution in [3.63, 3.8) is 0 Å². The molecule has 0 aliphatic heterocycles. The van der Waals surface area contributed by atoms with Gasteiger partial charge in [0.1, 0.15) is 12.0 Å². The van der Waals surface area contributed by atoms with E-state index in [-0.39, 0.29) is 0 Å². The molecule has 0 bridgehead atoms. The van der Waals surface area contributed by atoms with E-state index in [0.29, 0.717) is 10.8 Å². The summed E-state index contributed by atoms with van der Waals surface area (Å²) in [7, 11) is 4.19. The average molecular weight is 383 g/mol. The standard InChI is InChI=1S/C20H23ClN6/c1-13-14(2)26(11-7-10-25(3)4)19-17(13)20-23-18(24-27(20)12-22-19)15-8-5-6-9-16(15)21/h5-6,8-9,12H,7,10-11H2,1-4H3. The first-order chi connectivity index (χ1) is 13.0. The molecular formula is C20H23ClN6. The van der Waals surface area contributed by atoms with Gasteiger partial charge in [0.25, 0.3) is 0 Å². The minimum atomic E-state index is 0.618. The third-order valence-corrected chi connectivity index (χ3v) is 5.38. The lowest BCUT2D eigenvalue weighted by molar-refractivity contribution is 0.387. The van der Waals surface area contributed by atoms with E-state index in [4.69, 9.17) is 21.6 Å². The van der Waals surface area contributed by atoms with Crippen LogP contribution in [0.3, 0.4) is 0 Å². The van der Waals surface area contributed by atoms with Crippen LogP contribution in [0.2, 0.25) is 5.02 Å². The largest absolute Gasteiger partial charge is 0.329 e. The zero-order valence-electron chi connectivity index (χ0n) is 16.1. The van der Waals surface area contributed by atoms with Gasteiger partial charge in [0, 0.05) is 17.8 Å². The summed E-state index contributed by atoms with van der Waals surface area (Å²) < 4.78 is 4.04. The molecule has 3 aromatic heterocycles. The van der Waals surface area contributed by atoms with Crippen molar-refractivity contribution in [2.45, 2.75) is 26.8 Å². The molecule has 0 saturated carbocycles. The number of hydrogen-bond acceptors (Lipinski definition) is 4. The lowest BCUT2D eigenvalue weighted by atomic mass is 10.2. The first kappa shape index (κ1) is 17.9. The number of benzene rings is 1. The van der Waals surface area contributed by atoms with E-state index in [0.717, 1.165) is 41.8 Å².